The van der Waals surface area contributed by atoms with Crippen molar-refractivity contribution in [2.45, 2.75) is 31.7 Å². The minimum Gasteiger partial charge on any atom is -0.385 e. The Labute approximate surface area is 106 Å². The SMILES string of the molecule is c1cc2c(c(-c3nncn3C3CC3)c1)CCCN2. The molecule has 1 fully saturated rings. The van der Waals surface area contributed by atoms with Gasteiger partial charge in [-0.15, -0.1) is 10.2 Å². The van der Waals surface area contributed by atoms with Gasteiger partial charge >= 0.3 is 0 Å². The zero-order chi connectivity index (χ0) is 11.9. The lowest BCUT2D eigenvalue weighted by atomic mass is 9.97. The van der Waals surface area contributed by atoms with Gasteiger partial charge in [-0.2, -0.15) is 0 Å². The topological polar surface area (TPSA) is 42.7 Å². The maximum Gasteiger partial charge on any atom is 0.164 e. The van der Waals surface area contributed by atoms with E-state index in [-0.39, 0.29) is 0 Å². The van der Waals surface area contributed by atoms with Gasteiger partial charge in [0.2, 0.25) is 0 Å². The summed E-state index contributed by atoms with van der Waals surface area (Å²) in [6.07, 6.45) is 6.73. The Bertz CT molecular complexity index is 583. The summed E-state index contributed by atoms with van der Waals surface area (Å²) in [5.74, 6) is 1.04. The van der Waals surface area contributed by atoms with Crippen LogP contribution in [0.2, 0.25) is 0 Å². The van der Waals surface area contributed by atoms with Crippen LogP contribution in [-0.4, -0.2) is 21.3 Å². The summed E-state index contributed by atoms with van der Waals surface area (Å²) in [6, 6.07) is 7.07. The van der Waals surface area contributed by atoms with E-state index in [9.17, 15) is 0 Å². The highest BCUT2D eigenvalue weighted by Gasteiger charge is 2.27. The minimum atomic E-state index is 0.627. The Hall–Kier alpha value is -1.84. The molecule has 0 bridgehead atoms. The van der Waals surface area contributed by atoms with Crippen LogP contribution >= 0.6 is 0 Å². The molecule has 1 N–H and O–H groups in total. The smallest absolute Gasteiger partial charge is 0.164 e. The van der Waals surface area contributed by atoms with Gasteiger partial charge in [0.05, 0.1) is 0 Å². The number of aromatic nitrogens is 3. The minimum absolute atomic E-state index is 0.627. The van der Waals surface area contributed by atoms with E-state index < -0.39 is 0 Å². The fraction of sp³-hybridized carbons (Fsp3) is 0.429. The van der Waals surface area contributed by atoms with Crippen LogP contribution in [0, 0.1) is 0 Å². The molecular formula is C14H16N4. The van der Waals surface area contributed by atoms with Crippen LogP contribution in [0.25, 0.3) is 11.4 Å². The lowest BCUT2D eigenvalue weighted by Crippen LogP contribution is -2.13. The molecule has 2 aromatic rings. The van der Waals surface area contributed by atoms with Gasteiger partial charge in [0, 0.05) is 23.8 Å². The van der Waals surface area contributed by atoms with E-state index in [1.54, 1.807) is 0 Å². The van der Waals surface area contributed by atoms with Gasteiger partial charge in [-0.25, -0.2) is 0 Å². The van der Waals surface area contributed by atoms with Gasteiger partial charge < -0.3 is 9.88 Å². The summed E-state index contributed by atoms with van der Waals surface area (Å²) in [6.45, 7) is 1.08. The van der Waals surface area contributed by atoms with Gasteiger partial charge in [0.15, 0.2) is 5.82 Å². The summed E-state index contributed by atoms with van der Waals surface area (Å²) in [4.78, 5) is 0. The van der Waals surface area contributed by atoms with E-state index in [1.807, 2.05) is 6.33 Å². The van der Waals surface area contributed by atoms with Gasteiger partial charge in [-0.05, 0) is 37.3 Å². The first kappa shape index (κ1) is 10.1. The molecule has 0 amide bonds. The number of fused-ring (bicyclic) bond motifs is 1. The molecule has 18 heavy (non-hydrogen) atoms. The van der Waals surface area contributed by atoms with Crippen molar-refractivity contribution in [2.24, 2.45) is 0 Å². The second kappa shape index (κ2) is 3.83. The van der Waals surface area contributed by atoms with Crippen molar-refractivity contribution < 1.29 is 0 Å². The molecule has 0 radical (unpaired) electrons. The molecule has 1 saturated carbocycles. The Kier molecular flexibility index (Phi) is 2.15. The van der Waals surface area contributed by atoms with Crippen molar-refractivity contribution in [3.8, 4) is 11.4 Å². The van der Waals surface area contributed by atoms with Crippen LogP contribution in [-0.2, 0) is 6.42 Å². The Morgan fingerprint density at radius 3 is 3.11 bits per heavy atom. The number of nitrogens with zero attached hydrogens (tertiary/aromatic N) is 3. The second-order valence-electron chi connectivity index (χ2n) is 5.16. The summed E-state index contributed by atoms with van der Waals surface area (Å²) >= 11 is 0. The van der Waals surface area contributed by atoms with Crippen LogP contribution in [0.1, 0.15) is 30.9 Å². The van der Waals surface area contributed by atoms with Crippen molar-refractivity contribution in [1.82, 2.24) is 14.8 Å². The summed E-state index contributed by atoms with van der Waals surface area (Å²) in [5, 5.41) is 11.9. The third kappa shape index (κ3) is 1.52. The first-order chi connectivity index (χ1) is 8.93. The summed E-state index contributed by atoms with van der Waals surface area (Å²) in [7, 11) is 0. The first-order valence-corrected chi connectivity index (χ1v) is 6.69. The lowest BCUT2D eigenvalue weighted by Gasteiger charge is -2.20. The fourth-order valence-electron chi connectivity index (χ4n) is 2.77. The van der Waals surface area contributed by atoms with Crippen LogP contribution in [0.4, 0.5) is 5.69 Å². The third-order valence-electron chi connectivity index (χ3n) is 3.85. The molecule has 4 nitrogen and oxygen atoms in total. The fourth-order valence-corrected chi connectivity index (χ4v) is 2.77. The number of nitrogens with one attached hydrogen (secondary N) is 1. The Balaban J connectivity index is 1.86. The maximum absolute atomic E-state index is 4.34. The van der Waals surface area contributed by atoms with Gasteiger partial charge in [0.25, 0.3) is 0 Å². The average molecular weight is 240 g/mol. The molecule has 92 valence electrons. The summed E-state index contributed by atoms with van der Waals surface area (Å²) < 4.78 is 2.24. The largest absolute Gasteiger partial charge is 0.385 e. The molecule has 4 rings (SSSR count). The second-order valence-corrected chi connectivity index (χ2v) is 5.16. The molecule has 1 aromatic carbocycles. The average Bonchev–Trinajstić information content (AvgIpc) is 3.16. The monoisotopic (exact) mass is 240 g/mol. The molecule has 4 heteroatoms. The molecule has 1 aliphatic carbocycles. The maximum atomic E-state index is 4.34. The van der Waals surface area contributed by atoms with Crippen LogP contribution < -0.4 is 5.32 Å². The van der Waals surface area contributed by atoms with E-state index >= 15 is 0 Å². The third-order valence-corrected chi connectivity index (χ3v) is 3.85. The summed E-state index contributed by atoms with van der Waals surface area (Å²) in [5.41, 5.74) is 3.92. The number of rotatable bonds is 2. The molecule has 0 unspecified atom stereocenters. The molecule has 2 aliphatic rings. The highest BCUT2D eigenvalue weighted by atomic mass is 15.3. The highest BCUT2D eigenvalue weighted by Crippen LogP contribution is 2.39. The van der Waals surface area contributed by atoms with E-state index in [1.165, 1.54) is 36.1 Å². The van der Waals surface area contributed by atoms with Crippen LogP contribution in [0.5, 0.6) is 0 Å². The highest BCUT2D eigenvalue weighted by molar-refractivity contribution is 5.70. The van der Waals surface area contributed by atoms with Crippen molar-refractivity contribution in [3.05, 3.63) is 30.1 Å². The molecule has 1 aromatic heterocycles. The molecule has 1 aliphatic heterocycles. The number of benzene rings is 1. The van der Waals surface area contributed by atoms with Crippen molar-refractivity contribution >= 4 is 5.69 Å². The molecule has 2 heterocycles. The zero-order valence-corrected chi connectivity index (χ0v) is 10.3. The normalized spacial score (nSPS) is 18.2. The van der Waals surface area contributed by atoms with Crippen molar-refractivity contribution in [3.63, 3.8) is 0 Å². The Morgan fingerprint density at radius 1 is 1.28 bits per heavy atom. The van der Waals surface area contributed by atoms with E-state index in [4.69, 9.17) is 0 Å². The van der Waals surface area contributed by atoms with Crippen molar-refractivity contribution in [2.75, 3.05) is 11.9 Å². The Morgan fingerprint density at radius 2 is 2.22 bits per heavy atom. The molecule has 0 spiro atoms. The first-order valence-electron chi connectivity index (χ1n) is 6.69. The van der Waals surface area contributed by atoms with Gasteiger partial charge in [-0.3, -0.25) is 0 Å². The van der Waals surface area contributed by atoms with E-state index in [2.05, 4.69) is 38.3 Å². The quantitative estimate of drug-likeness (QED) is 0.877. The lowest BCUT2D eigenvalue weighted by molar-refractivity contribution is 0.743. The molecular weight excluding hydrogens is 224 g/mol. The predicted octanol–water partition coefficient (Wildman–Crippen LogP) is 2.64. The van der Waals surface area contributed by atoms with Crippen molar-refractivity contribution in [1.29, 1.82) is 0 Å². The van der Waals surface area contributed by atoms with E-state index in [0.29, 0.717) is 6.04 Å². The number of hydrogen-bond acceptors (Lipinski definition) is 3. The number of hydrogen-bond donors (Lipinski definition) is 1. The van der Waals surface area contributed by atoms with Crippen LogP contribution in [0.15, 0.2) is 24.5 Å². The zero-order valence-electron chi connectivity index (χ0n) is 10.3. The molecule has 0 saturated heterocycles. The predicted molar refractivity (Wildman–Crippen MR) is 70.5 cm³/mol. The van der Waals surface area contributed by atoms with Gasteiger partial charge in [-0.1, -0.05) is 12.1 Å². The van der Waals surface area contributed by atoms with E-state index in [0.717, 1.165) is 18.8 Å². The van der Waals surface area contributed by atoms with Gasteiger partial charge in [0.1, 0.15) is 6.33 Å². The standard InChI is InChI=1S/C14H16N4/c1-3-12(11-4-2-8-15-13(11)5-1)14-17-16-9-18(14)10-6-7-10/h1,3,5,9-10,15H,2,4,6-8H2. The van der Waals surface area contributed by atoms with Crippen LogP contribution in [0.3, 0.4) is 0 Å². The number of anilines is 1. The molecule has 0 atom stereocenters.